The zero-order valence-electron chi connectivity index (χ0n) is 18.6. The van der Waals surface area contributed by atoms with E-state index in [1.54, 1.807) is 0 Å². The van der Waals surface area contributed by atoms with Crippen LogP contribution in [0.1, 0.15) is 64.7 Å². The van der Waals surface area contributed by atoms with Gasteiger partial charge in [0.05, 0.1) is 0 Å². The highest BCUT2D eigenvalue weighted by atomic mass is 15.2. The van der Waals surface area contributed by atoms with E-state index in [1.165, 1.54) is 33.8 Å². The molecule has 0 N–H and O–H groups in total. The molecule has 1 aliphatic heterocycles. The SMILES string of the molecule is Cc1ccc(N(C)c2cc3c(cc2C)N(C(C)C)C(C)(C)CC3(C)C)cc1. The van der Waals surface area contributed by atoms with Crippen molar-refractivity contribution >= 4 is 17.1 Å². The molecule has 0 atom stereocenters. The van der Waals surface area contributed by atoms with Crippen LogP contribution in [0.25, 0.3) is 0 Å². The summed E-state index contributed by atoms with van der Waals surface area (Å²) < 4.78 is 0. The highest BCUT2D eigenvalue weighted by Gasteiger charge is 2.43. The van der Waals surface area contributed by atoms with E-state index in [-0.39, 0.29) is 11.0 Å². The molecule has 0 radical (unpaired) electrons. The first kappa shape index (κ1) is 19.8. The van der Waals surface area contributed by atoms with E-state index in [2.05, 4.69) is 109 Å². The maximum atomic E-state index is 2.62. The number of fused-ring (bicyclic) bond motifs is 1. The van der Waals surface area contributed by atoms with Crippen molar-refractivity contribution in [3.05, 3.63) is 53.1 Å². The average Bonchev–Trinajstić information content (AvgIpc) is 2.52. The van der Waals surface area contributed by atoms with Gasteiger partial charge < -0.3 is 9.80 Å². The Kier molecular flexibility index (Phi) is 4.82. The molecular weight excluding hydrogens is 328 g/mol. The monoisotopic (exact) mass is 364 g/mol. The summed E-state index contributed by atoms with van der Waals surface area (Å²) in [5, 5.41) is 0. The summed E-state index contributed by atoms with van der Waals surface area (Å²) in [4.78, 5) is 4.95. The second-order valence-electron chi connectivity index (χ2n) is 9.89. The molecular formula is C25H36N2. The van der Waals surface area contributed by atoms with E-state index < -0.39 is 0 Å². The molecule has 27 heavy (non-hydrogen) atoms. The predicted octanol–water partition coefficient (Wildman–Crippen LogP) is 6.75. The Balaban J connectivity index is 2.15. The van der Waals surface area contributed by atoms with E-state index in [1.807, 2.05) is 0 Å². The molecule has 1 heterocycles. The maximum Gasteiger partial charge on any atom is 0.0442 e. The first-order valence-electron chi connectivity index (χ1n) is 10.2. The molecule has 2 nitrogen and oxygen atoms in total. The summed E-state index contributed by atoms with van der Waals surface area (Å²) in [5.41, 5.74) is 8.34. The molecule has 0 aromatic heterocycles. The highest BCUT2D eigenvalue weighted by molar-refractivity contribution is 5.74. The number of hydrogen-bond donors (Lipinski definition) is 0. The molecule has 0 saturated carbocycles. The Morgan fingerprint density at radius 3 is 2.11 bits per heavy atom. The van der Waals surface area contributed by atoms with Crippen molar-refractivity contribution in [2.24, 2.45) is 0 Å². The van der Waals surface area contributed by atoms with Crippen molar-refractivity contribution in [2.75, 3.05) is 16.8 Å². The van der Waals surface area contributed by atoms with Crippen LogP contribution in [0.15, 0.2) is 36.4 Å². The minimum Gasteiger partial charge on any atom is -0.364 e. The Bertz CT molecular complexity index is 828. The van der Waals surface area contributed by atoms with Gasteiger partial charge in [-0.3, -0.25) is 0 Å². The lowest BCUT2D eigenvalue weighted by Crippen LogP contribution is -2.55. The minimum atomic E-state index is 0.154. The van der Waals surface area contributed by atoms with Gasteiger partial charge in [-0.2, -0.15) is 0 Å². The van der Waals surface area contributed by atoms with E-state index in [0.29, 0.717) is 6.04 Å². The van der Waals surface area contributed by atoms with Gasteiger partial charge in [0, 0.05) is 35.7 Å². The summed E-state index contributed by atoms with van der Waals surface area (Å²) in [6, 6.07) is 14.1. The highest BCUT2D eigenvalue weighted by Crippen LogP contribution is 2.49. The number of rotatable bonds is 3. The van der Waals surface area contributed by atoms with Crippen LogP contribution in [0.4, 0.5) is 17.1 Å². The van der Waals surface area contributed by atoms with Crippen molar-refractivity contribution in [3.63, 3.8) is 0 Å². The fourth-order valence-corrected chi connectivity index (χ4v) is 5.26. The number of hydrogen-bond acceptors (Lipinski definition) is 2. The van der Waals surface area contributed by atoms with Gasteiger partial charge in [0.15, 0.2) is 0 Å². The van der Waals surface area contributed by atoms with Gasteiger partial charge in [0.2, 0.25) is 0 Å². The number of aryl methyl sites for hydroxylation is 2. The lowest BCUT2D eigenvalue weighted by molar-refractivity contribution is 0.292. The third-order valence-electron chi connectivity index (χ3n) is 6.13. The van der Waals surface area contributed by atoms with Crippen LogP contribution in [0.3, 0.4) is 0 Å². The normalized spacial score (nSPS) is 17.8. The smallest absolute Gasteiger partial charge is 0.0442 e. The van der Waals surface area contributed by atoms with Gasteiger partial charge in [-0.15, -0.1) is 0 Å². The first-order valence-corrected chi connectivity index (χ1v) is 10.2. The molecule has 2 aromatic carbocycles. The van der Waals surface area contributed by atoms with E-state index >= 15 is 0 Å². The molecule has 0 aliphatic carbocycles. The summed E-state index contributed by atoms with van der Waals surface area (Å²) in [6.45, 7) is 18.6. The van der Waals surface area contributed by atoms with E-state index in [0.717, 1.165) is 6.42 Å². The van der Waals surface area contributed by atoms with Crippen molar-refractivity contribution in [3.8, 4) is 0 Å². The van der Waals surface area contributed by atoms with Crippen molar-refractivity contribution < 1.29 is 0 Å². The van der Waals surface area contributed by atoms with Crippen LogP contribution in [0.5, 0.6) is 0 Å². The third kappa shape index (κ3) is 3.47. The second-order valence-corrected chi connectivity index (χ2v) is 9.89. The summed E-state index contributed by atoms with van der Waals surface area (Å²) in [6.07, 6.45) is 1.15. The summed E-state index contributed by atoms with van der Waals surface area (Å²) in [7, 11) is 2.18. The summed E-state index contributed by atoms with van der Waals surface area (Å²) >= 11 is 0. The first-order chi connectivity index (χ1) is 12.4. The van der Waals surface area contributed by atoms with Gasteiger partial charge in [-0.25, -0.2) is 0 Å². The Hall–Kier alpha value is -1.96. The molecule has 1 aliphatic rings. The Morgan fingerprint density at radius 1 is 0.963 bits per heavy atom. The fraction of sp³-hybridized carbons (Fsp3) is 0.520. The van der Waals surface area contributed by atoms with Crippen molar-refractivity contribution in [1.82, 2.24) is 0 Å². The molecule has 0 unspecified atom stereocenters. The quantitative estimate of drug-likeness (QED) is 0.594. The summed E-state index contributed by atoms with van der Waals surface area (Å²) in [5.74, 6) is 0. The standard InChI is InChI=1S/C25H36N2/c1-17(2)27-23-14-19(4)22(26(9)20-12-10-18(3)11-13-20)15-21(23)24(5,6)16-25(27,7)8/h10-15,17H,16H2,1-9H3. The van der Waals surface area contributed by atoms with Crippen LogP contribution in [-0.2, 0) is 5.41 Å². The average molecular weight is 365 g/mol. The van der Waals surface area contributed by atoms with Crippen LogP contribution in [0, 0.1) is 13.8 Å². The number of nitrogens with zero attached hydrogens (tertiary/aromatic N) is 2. The Morgan fingerprint density at radius 2 is 1.56 bits per heavy atom. The minimum absolute atomic E-state index is 0.154. The Labute approximate surface area is 166 Å². The molecule has 146 valence electrons. The van der Waals surface area contributed by atoms with Crippen LogP contribution in [-0.4, -0.2) is 18.6 Å². The van der Waals surface area contributed by atoms with Gasteiger partial charge in [-0.05, 0) is 88.8 Å². The maximum absolute atomic E-state index is 2.62. The number of benzene rings is 2. The zero-order chi connectivity index (χ0) is 20.1. The van der Waals surface area contributed by atoms with Crippen LogP contribution in [0.2, 0.25) is 0 Å². The predicted molar refractivity (Wildman–Crippen MR) is 120 cm³/mol. The molecule has 0 bridgehead atoms. The van der Waals surface area contributed by atoms with Gasteiger partial charge in [0.1, 0.15) is 0 Å². The molecule has 2 aromatic rings. The van der Waals surface area contributed by atoms with E-state index in [9.17, 15) is 0 Å². The topological polar surface area (TPSA) is 6.48 Å². The lowest BCUT2D eigenvalue weighted by Gasteiger charge is -2.53. The van der Waals surface area contributed by atoms with Gasteiger partial charge in [0.25, 0.3) is 0 Å². The third-order valence-corrected chi connectivity index (χ3v) is 6.13. The van der Waals surface area contributed by atoms with Crippen LogP contribution >= 0.6 is 0 Å². The molecule has 2 heteroatoms. The molecule has 0 fully saturated rings. The van der Waals surface area contributed by atoms with Crippen molar-refractivity contribution in [1.29, 1.82) is 0 Å². The molecule has 3 rings (SSSR count). The van der Waals surface area contributed by atoms with Crippen LogP contribution < -0.4 is 9.80 Å². The lowest BCUT2D eigenvalue weighted by atomic mass is 9.69. The molecule has 0 amide bonds. The van der Waals surface area contributed by atoms with Gasteiger partial charge >= 0.3 is 0 Å². The number of anilines is 3. The largest absolute Gasteiger partial charge is 0.364 e. The molecule has 0 saturated heterocycles. The van der Waals surface area contributed by atoms with Gasteiger partial charge in [-0.1, -0.05) is 31.5 Å². The molecule has 0 spiro atoms. The fourth-order valence-electron chi connectivity index (χ4n) is 5.26. The van der Waals surface area contributed by atoms with E-state index in [4.69, 9.17) is 0 Å². The second kappa shape index (κ2) is 6.58. The zero-order valence-corrected chi connectivity index (χ0v) is 18.6. The van der Waals surface area contributed by atoms with Crippen molar-refractivity contribution in [2.45, 2.75) is 78.8 Å².